The number of alkyl halides is 1. The third-order valence-corrected chi connectivity index (χ3v) is 3.43. The van der Waals surface area contributed by atoms with E-state index in [0.29, 0.717) is 5.02 Å². The molecule has 4 nitrogen and oxygen atoms in total. The van der Waals surface area contributed by atoms with E-state index in [9.17, 15) is 14.0 Å². The average Bonchev–Trinajstić information content (AvgIpc) is 2.73. The predicted octanol–water partition coefficient (Wildman–Crippen LogP) is 1.91. The molecule has 1 saturated heterocycles. The monoisotopic (exact) mass is 285 g/mol. The Morgan fingerprint density at radius 1 is 1.47 bits per heavy atom. The quantitative estimate of drug-likeness (QED) is 0.923. The summed E-state index contributed by atoms with van der Waals surface area (Å²) >= 11 is 5.81. The van der Waals surface area contributed by atoms with Crippen molar-refractivity contribution >= 4 is 23.5 Å². The van der Waals surface area contributed by atoms with Crippen LogP contribution in [0, 0.1) is 0 Å². The lowest BCUT2D eigenvalue weighted by molar-refractivity contribution is -0.150. The zero-order valence-electron chi connectivity index (χ0n) is 10.1. The molecule has 1 N–H and O–H groups in total. The van der Waals surface area contributed by atoms with E-state index in [1.165, 1.54) is 4.90 Å². The van der Waals surface area contributed by atoms with Crippen LogP contribution in [0.2, 0.25) is 5.02 Å². The highest BCUT2D eigenvalue weighted by molar-refractivity contribution is 6.30. The van der Waals surface area contributed by atoms with E-state index in [1.54, 1.807) is 24.3 Å². The summed E-state index contributed by atoms with van der Waals surface area (Å²) in [5.74, 6) is -1.80. The molecule has 1 heterocycles. The molecule has 0 bridgehead atoms. The number of carbonyl (C=O) groups is 2. The fourth-order valence-corrected chi connectivity index (χ4v) is 2.31. The standard InChI is InChI=1S/C13H13ClFNO3/c14-10-3-1-2-9(6-10)7-11(17)16-5-4-13(15,8-16)12(18)19/h1-3,6H,4-5,7-8H2,(H,18,19). The van der Waals surface area contributed by atoms with Crippen molar-refractivity contribution < 1.29 is 19.1 Å². The highest BCUT2D eigenvalue weighted by atomic mass is 35.5. The maximum atomic E-state index is 13.8. The number of carboxylic acid groups (broad SMARTS) is 1. The second kappa shape index (κ2) is 5.17. The van der Waals surface area contributed by atoms with Gasteiger partial charge in [-0.25, -0.2) is 9.18 Å². The van der Waals surface area contributed by atoms with Crippen molar-refractivity contribution in [3.63, 3.8) is 0 Å². The molecule has 6 heteroatoms. The van der Waals surface area contributed by atoms with Crippen molar-refractivity contribution in [3.8, 4) is 0 Å². The van der Waals surface area contributed by atoms with Gasteiger partial charge in [-0.2, -0.15) is 0 Å². The van der Waals surface area contributed by atoms with Gasteiger partial charge < -0.3 is 10.0 Å². The first kappa shape index (κ1) is 13.8. The zero-order chi connectivity index (χ0) is 14.0. The Labute approximate surface area is 114 Å². The lowest BCUT2D eigenvalue weighted by Crippen LogP contribution is -2.39. The Kier molecular flexibility index (Phi) is 3.75. The van der Waals surface area contributed by atoms with Crippen LogP contribution in [0.15, 0.2) is 24.3 Å². The van der Waals surface area contributed by atoms with Crippen molar-refractivity contribution in [1.29, 1.82) is 0 Å². The molecule has 0 spiro atoms. The number of carboxylic acids is 1. The molecule has 2 rings (SSSR count). The van der Waals surface area contributed by atoms with Crippen LogP contribution in [0.25, 0.3) is 0 Å². The van der Waals surface area contributed by atoms with Gasteiger partial charge in [-0.1, -0.05) is 23.7 Å². The van der Waals surface area contributed by atoms with Gasteiger partial charge >= 0.3 is 5.97 Å². The molecule has 0 aliphatic carbocycles. The van der Waals surface area contributed by atoms with Gasteiger partial charge in [0.05, 0.1) is 13.0 Å². The Morgan fingerprint density at radius 3 is 2.79 bits per heavy atom. The number of hydrogen-bond acceptors (Lipinski definition) is 2. The molecule has 1 atom stereocenters. The van der Waals surface area contributed by atoms with Crippen LogP contribution >= 0.6 is 11.6 Å². The summed E-state index contributed by atoms with van der Waals surface area (Å²) in [5.41, 5.74) is -1.59. The normalized spacial score (nSPS) is 22.5. The Bertz CT molecular complexity index is 522. The molecule has 0 saturated carbocycles. The number of halogens is 2. The molecule has 1 aliphatic rings. The lowest BCUT2D eigenvalue weighted by Gasteiger charge is -2.17. The van der Waals surface area contributed by atoms with Gasteiger partial charge in [0.25, 0.3) is 0 Å². The van der Waals surface area contributed by atoms with Crippen molar-refractivity contribution in [2.24, 2.45) is 0 Å². The first-order valence-corrected chi connectivity index (χ1v) is 6.23. The number of likely N-dealkylation sites (tertiary alicyclic amines) is 1. The van der Waals surface area contributed by atoms with Crippen molar-refractivity contribution in [2.75, 3.05) is 13.1 Å². The van der Waals surface area contributed by atoms with E-state index in [1.807, 2.05) is 0 Å². The third kappa shape index (κ3) is 3.04. The highest BCUT2D eigenvalue weighted by Gasteiger charge is 2.46. The molecule has 1 aliphatic heterocycles. The van der Waals surface area contributed by atoms with Crippen molar-refractivity contribution in [1.82, 2.24) is 4.90 Å². The summed E-state index contributed by atoms with van der Waals surface area (Å²) in [5, 5.41) is 9.29. The van der Waals surface area contributed by atoms with Gasteiger partial charge in [-0.15, -0.1) is 0 Å². The summed E-state index contributed by atoms with van der Waals surface area (Å²) in [6, 6.07) is 6.84. The van der Waals surface area contributed by atoms with E-state index in [4.69, 9.17) is 16.7 Å². The molecule has 102 valence electrons. The molecule has 1 fully saturated rings. The van der Waals surface area contributed by atoms with Crippen LogP contribution in [0.1, 0.15) is 12.0 Å². The third-order valence-electron chi connectivity index (χ3n) is 3.20. The van der Waals surface area contributed by atoms with Crippen LogP contribution in [-0.4, -0.2) is 40.6 Å². The first-order chi connectivity index (χ1) is 8.90. The molecular formula is C13H13ClFNO3. The molecule has 1 aromatic rings. The Balaban J connectivity index is 2.01. The van der Waals surface area contributed by atoms with Gasteiger partial charge in [0.2, 0.25) is 11.6 Å². The second-order valence-electron chi connectivity index (χ2n) is 4.64. The number of nitrogens with zero attached hydrogens (tertiary/aromatic N) is 1. The fourth-order valence-electron chi connectivity index (χ4n) is 2.09. The summed E-state index contributed by atoms with van der Waals surface area (Å²) < 4.78 is 13.8. The Morgan fingerprint density at radius 2 is 2.21 bits per heavy atom. The van der Waals surface area contributed by atoms with E-state index in [0.717, 1.165) is 5.56 Å². The number of carbonyl (C=O) groups excluding carboxylic acids is 1. The van der Waals surface area contributed by atoms with E-state index in [-0.39, 0.29) is 31.8 Å². The van der Waals surface area contributed by atoms with Crippen molar-refractivity contribution in [3.05, 3.63) is 34.9 Å². The molecule has 0 radical (unpaired) electrons. The average molecular weight is 286 g/mol. The van der Waals surface area contributed by atoms with Gasteiger partial charge in [0, 0.05) is 18.0 Å². The Hall–Kier alpha value is -1.62. The molecule has 1 aromatic carbocycles. The molecule has 0 aromatic heterocycles. The number of benzene rings is 1. The molecular weight excluding hydrogens is 273 g/mol. The smallest absolute Gasteiger partial charge is 0.343 e. The molecule has 19 heavy (non-hydrogen) atoms. The minimum Gasteiger partial charge on any atom is -0.479 e. The second-order valence-corrected chi connectivity index (χ2v) is 5.08. The maximum absolute atomic E-state index is 13.8. The number of amides is 1. The highest BCUT2D eigenvalue weighted by Crippen LogP contribution is 2.26. The fraction of sp³-hybridized carbons (Fsp3) is 0.385. The van der Waals surface area contributed by atoms with E-state index >= 15 is 0 Å². The minimum absolute atomic E-state index is 0.0935. The van der Waals surface area contributed by atoms with Gasteiger partial charge in [-0.3, -0.25) is 4.79 Å². The van der Waals surface area contributed by atoms with Crippen molar-refractivity contribution in [2.45, 2.75) is 18.5 Å². The number of rotatable bonds is 3. The summed E-state index contributed by atoms with van der Waals surface area (Å²) in [7, 11) is 0. The van der Waals surface area contributed by atoms with Crippen LogP contribution in [0.4, 0.5) is 4.39 Å². The number of aliphatic carboxylic acids is 1. The number of hydrogen-bond donors (Lipinski definition) is 1. The van der Waals surface area contributed by atoms with Gasteiger partial charge in [0.1, 0.15) is 0 Å². The van der Waals surface area contributed by atoms with Gasteiger partial charge in [0.15, 0.2) is 0 Å². The molecule has 1 unspecified atom stereocenters. The van der Waals surface area contributed by atoms with E-state index in [2.05, 4.69) is 0 Å². The summed E-state index contributed by atoms with van der Waals surface area (Å²) in [4.78, 5) is 24.0. The molecule has 1 amide bonds. The summed E-state index contributed by atoms with van der Waals surface area (Å²) in [6.07, 6.45) is -0.0696. The van der Waals surface area contributed by atoms with Crippen LogP contribution in [0.5, 0.6) is 0 Å². The van der Waals surface area contributed by atoms with Crippen LogP contribution in [-0.2, 0) is 16.0 Å². The largest absolute Gasteiger partial charge is 0.479 e. The minimum atomic E-state index is -2.32. The predicted molar refractivity (Wildman–Crippen MR) is 67.8 cm³/mol. The lowest BCUT2D eigenvalue weighted by atomic mass is 10.1. The first-order valence-electron chi connectivity index (χ1n) is 5.85. The van der Waals surface area contributed by atoms with E-state index < -0.39 is 11.6 Å². The SMILES string of the molecule is O=C(Cc1cccc(Cl)c1)N1CCC(F)(C(=O)O)C1. The van der Waals surface area contributed by atoms with Crippen LogP contribution in [0.3, 0.4) is 0 Å². The van der Waals surface area contributed by atoms with Crippen LogP contribution < -0.4 is 0 Å². The zero-order valence-corrected chi connectivity index (χ0v) is 10.9. The summed E-state index contributed by atoms with van der Waals surface area (Å²) in [6.45, 7) is -0.260. The topological polar surface area (TPSA) is 57.6 Å². The maximum Gasteiger partial charge on any atom is 0.343 e. The van der Waals surface area contributed by atoms with Gasteiger partial charge in [-0.05, 0) is 17.7 Å².